The second-order valence-corrected chi connectivity index (χ2v) is 10.6. The smallest absolute Gasteiger partial charge is 0.243 e. The summed E-state index contributed by atoms with van der Waals surface area (Å²) in [4.78, 5) is 17.5. The average molecular weight is 462 g/mol. The van der Waals surface area contributed by atoms with Crippen molar-refractivity contribution >= 4 is 27.5 Å². The van der Waals surface area contributed by atoms with E-state index < -0.39 is 10.0 Å². The number of benzene rings is 2. The molecule has 0 bridgehead atoms. The molecule has 2 aliphatic heterocycles. The summed E-state index contributed by atoms with van der Waals surface area (Å²) in [7, 11) is -3.50. The summed E-state index contributed by atoms with van der Waals surface area (Å²) >= 11 is 5.96. The molecule has 2 fully saturated rings. The monoisotopic (exact) mass is 461 g/mol. The number of likely N-dealkylation sites (tertiary alicyclic amines) is 1. The Kier molecular flexibility index (Phi) is 6.96. The van der Waals surface area contributed by atoms with Crippen LogP contribution in [0.2, 0.25) is 5.02 Å². The molecule has 166 valence electrons. The van der Waals surface area contributed by atoms with Crippen LogP contribution in [0.15, 0.2) is 59.5 Å². The molecule has 2 aromatic carbocycles. The van der Waals surface area contributed by atoms with Gasteiger partial charge in [-0.25, -0.2) is 8.42 Å². The van der Waals surface area contributed by atoms with E-state index in [1.54, 1.807) is 30.3 Å². The Hall–Kier alpha value is -1.93. The van der Waals surface area contributed by atoms with Crippen LogP contribution in [0.3, 0.4) is 0 Å². The van der Waals surface area contributed by atoms with Gasteiger partial charge < -0.3 is 4.90 Å². The summed E-state index contributed by atoms with van der Waals surface area (Å²) in [6.45, 7) is 4.25. The van der Waals surface area contributed by atoms with Gasteiger partial charge in [-0.05, 0) is 55.8 Å². The quantitative estimate of drug-likeness (QED) is 0.686. The number of piperidine rings is 1. The van der Waals surface area contributed by atoms with E-state index in [1.807, 2.05) is 29.2 Å². The minimum atomic E-state index is -3.50. The van der Waals surface area contributed by atoms with Gasteiger partial charge in [-0.3, -0.25) is 9.69 Å². The van der Waals surface area contributed by atoms with Crippen molar-refractivity contribution < 1.29 is 13.2 Å². The van der Waals surface area contributed by atoms with Crippen LogP contribution in [0.25, 0.3) is 0 Å². The molecule has 0 atom stereocenters. The van der Waals surface area contributed by atoms with Crippen LogP contribution in [-0.4, -0.2) is 67.7 Å². The van der Waals surface area contributed by atoms with Gasteiger partial charge in [-0.1, -0.05) is 41.9 Å². The molecule has 0 radical (unpaired) electrons. The fourth-order valence-corrected chi connectivity index (χ4v) is 5.90. The highest BCUT2D eigenvalue weighted by Crippen LogP contribution is 2.23. The molecular formula is C23H28ClN3O3S. The minimum absolute atomic E-state index is 0.0266. The molecule has 31 heavy (non-hydrogen) atoms. The first-order valence-electron chi connectivity index (χ1n) is 10.7. The maximum absolute atomic E-state index is 13.0. The number of nitrogens with zero attached hydrogens (tertiary/aromatic N) is 3. The van der Waals surface area contributed by atoms with Gasteiger partial charge in [0.25, 0.3) is 0 Å². The fourth-order valence-electron chi connectivity index (χ4n) is 4.33. The van der Waals surface area contributed by atoms with E-state index in [9.17, 15) is 13.2 Å². The van der Waals surface area contributed by atoms with E-state index in [-0.39, 0.29) is 11.8 Å². The van der Waals surface area contributed by atoms with E-state index in [0.717, 1.165) is 37.5 Å². The first-order chi connectivity index (χ1) is 14.9. The largest absolute Gasteiger partial charge is 0.340 e. The van der Waals surface area contributed by atoms with Crippen LogP contribution < -0.4 is 0 Å². The van der Waals surface area contributed by atoms with Gasteiger partial charge in [-0.2, -0.15) is 4.31 Å². The third-order valence-corrected chi connectivity index (χ3v) is 8.35. The summed E-state index contributed by atoms with van der Waals surface area (Å²) in [5.74, 6) is 0.196. The third kappa shape index (κ3) is 5.29. The summed E-state index contributed by atoms with van der Waals surface area (Å²) in [5.41, 5.74) is 1.23. The maximum atomic E-state index is 13.0. The predicted molar refractivity (Wildman–Crippen MR) is 121 cm³/mol. The molecule has 1 amide bonds. The van der Waals surface area contributed by atoms with E-state index >= 15 is 0 Å². The molecule has 4 rings (SSSR count). The third-order valence-electron chi connectivity index (χ3n) is 6.19. The van der Waals surface area contributed by atoms with Crippen LogP contribution in [-0.2, 0) is 21.4 Å². The highest BCUT2D eigenvalue weighted by molar-refractivity contribution is 7.89. The molecule has 2 aliphatic rings. The van der Waals surface area contributed by atoms with Crippen LogP contribution in [0.4, 0.5) is 0 Å². The summed E-state index contributed by atoms with van der Waals surface area (Å²) in [5, 5.41) is 0.740. The zero-order valence-electron chi connectivity index (χ0n) is 17.5. The number of piperazine rings is 1. The lowest BCUT2D eigenvalue weighted by atomic mass is 9.94. The maximum Gasteiger partial charge on any atom is 0.243 e. The van der Waals surface area contributed by atoms with Crippen molar-refractivity contribution in [2.75, 3.05) is 39.3 Å². The standard InChI is InChI=1S/C23H28ClN3O3S/c24-21-8-6-19(7-9-21)18-25-12-10-20(11-13-25)23(28)26-14-16-27(17-15-26)31(29,30)22-4-2-1-3-5-22/h1-9,20H,10-18H2. The van der Waals surface area contributed by atoms with Crippen LogP contribution in [0, 0.1) is 5.92 Å². The topological polar surface area (TPSA) is 60.9 Å². The molecule has 0 aliphatic carbocycles. The van der Waals surface area contributed by atoms with Crippen LogP contribution >= 0.6 is 11.6 Å². The Labute approximate surface area is 189 Å². The van der Waals surface area contributed by atoms with E-state index in [4.69, 9.17) is 11.6 Å². The number of amides is 1. The first-order valence-corrected chi connectivity index (χ1v) is 12.6. The highest BCUT2D eigenvalue weighted by atomic mass is 35.5. The Bertz CT molecular complexity index is 982. The molecule has 0 N–H and O–H groups in total. The van der Waals surface area contributed by atoms with Crippen LogP contribution in [0.1, 0.15) is 18.4 Å². The Morgan fingerprint density at radius 1 is 0.871 bits per heavy atom. The van der Waals surface area contributed by atoms with Crippen molar-refractivity contribution in [2.24, 2.45) is 5.92 Å². The molecule has 2 aromatic rings. The Balaban J connectivity index is 1.26. The van der Waals surface area contributed by atoms with E-state index in [1.165, 1.54) is 9.87 Å². The second-order valence-electron chi connectivity index (χ2n) is 8.22. The number of hydrogen-bond donors (Lipinski definition) is 0. The van der Waals surface area contributed by atoms with Gasteiger partial charge in [0.1, 0.15) is 0 Å². The van der Waals surface area contributed by atoms with E-state index in [2.05, 4.69) is 4.90 Å². The lowest BCUT2D eigenvalue weighted by molar-refractivity contribution is -0.138. The second kappa shape index (κ2) is 9.69. The summed E-state index contributed by atoms with van der Waals surface area (Å²) < 4.78 is 27.0. The minimum Gasteiger partial charge on any atom is -0.340 e. The molecule has 2 heterocycles. The van der Waals surface area contributed by atoms with Crippen molar-refractivity contribution in [3.05, 3.63) is 65.2 Å². The van der Waals surface area contributed by atoms with Crippen molar-refractivity contribution in [3.8, 4) is 0 Å². The average Bonchev–Trinajstić information content (AvgIpc) is 2.81. The molecule has 0 aromatic heterocycles. The van der Waals surface area contributed by atoms with Gasteiger partial charge in [0.05, 0.1) is 4.90 Å². The van der Waals surface area contributed by atoms with Crippen LogP contribution in [0.5, 0.6) is 0 Å². The van der Waals surface area contributed by atoms with E-state index in [0.29, 0.717) is 31.1 Å². The molecule has 0 saturated carbocycles. The van der Waals surface area contributed by atoms with Crippen molar-refractivity contribution in [2.45, 2.75) is 24.3 Å². The fraction of sp³-hybridized carbons (Fsp3) is 0.435. The molecule has 0 spiro atoms. The van der Waals surface area contributed by atoms with Gasteiger partial charge in [0.15, 0.2) is 0 Å². The number of hydrogen-bond acceptors (Lipinski definition) is 4. The summed E-state index contributed by atoms with van der Waals surface area (Å²) in [6.07, 6.45) is 1.68. The van der Waals surface area contributed by atoms with Crippen molar-refractivity contribution in [1.82, 2.24) is 14.1 Å². The molecule has 0 unspecified atom stereocenters. The number of carbonyl (C=O) groups is 1. The highest BCUT2D eigenvalue weighted by Gasteiger charge is 2.33. The predicted octanol–water partition coefficient (Wildman–Crippen LogP) is 3.09. The normalized spacial score (nSPS) is 19.5. The lowest BCUT2D eigenvalue weighted by Gasteiger charge is -2.38. The number of sulfonamides is 1. The zero-order chi connectivity index (χ0) is 21.8. The van der Waals surface area contributed by atoms with Gasteiger partial charge in [-0.15, -0.1) is 0 Å². The molecule has 2 saturated heterocycles. The first kappa shape index (κ1) is 22.3. The molecule has 6 nitrogen and oxygen atoms in total. The number of carbonyl (C=O) groups excluding carboxylic acids is 1. The lowest BCUT2D eigenvalue weighted by Crippen LogP contribution is -2.52. The Morgan fingerprint density at radius 2 is 1.48 bits per heavy atom. The van der Waals surface area contributed by atoms with Crippen molar-refractivity contribution in [1.29, 1.82) is 0 Å². The number of rotatable bonds is 5. The molecule has 8 heteroatoms. The van der Waals surface area contributed by atoms with Gasteiger partial charge in [0.2, 0.25) is 15.9 Å². The summed E-state index contributed by atoms with van der Waals surface area (Å²) in [6, 6.07) is 16.4. The zero-order valence-corrected chi connectivity index (χ0v) is 19.1. The van der Waals surface area contributed by atoms with Gasteiger partial charge in [0, 0.05) is 43.7 Å². The SMILES string of the molecule is O=C(C1CCN(Cc2ccc(Cl)cc2)CC1)N1CCN(S(=O)(=O)c2ccccc2)CC1. The van der Waals surface area contributed by atoms with Gasteiger partial charge >= 0.3 is 0 Å². The molecular weight excluding hydrogens is 434 g/mol. The Morgan fingerprint density at radius 3 is 2.10 bits per heavy atom. The number of halogens is 1. The van der Waals surface area contributed by atoms with Crippen molar-refractivity contribution in [3.63, 3.8) is 0 Å².